The molecular weight excluding hydrogens is 434 g/mol. The predicted octanol–water partition coefficient (Wildman–Crippen LogP) is 1.88. The van der Waals surface area contributed by atoms with Gasteiger partial charge in [-0.25, -0.2) is 8.42 Å². The van der Waals surface area contributed by atoms with Crippen LogP contribution in [0.15, 0.2) is 53.4 Å². The Morgan fingerprint density at radius 1 is 1.03 bits per heavy atom. The maximum atomic E-state index is 12.5. The van der Waals surface area contributed by atoms with Crippen molar-refractivity contribution in [2.45, 2.75) is 18.7 Å². The summed E-state index contributed by atoms with van der Waals surface area (Å²) in [5.41, 5.74) is 6.19. The molecule has 172 valence electrons. The molecule has 0 bridgehead atoms. The fourth-order valence-electron chi connectivity index (χ4n) is 2.64. The Morgan fingerprint density at radius 2 is 1.69 bits per heavy atom. The van der Waals surface area contributed by atoms with Crippen LogP contribution in [0.1, 0.15) is 18.1 Å². The zero-order valence-corrected chi connectivity index (χ0v) is 19.2. The topological polar surface area (TPSA) is 114 Å². The van der Waals surface area contributed by atoms with Crippen molar-refractivity contribution in [3.8, 4) is 11.5 Å². The lowest BCUT2D eigenvalue weighted by molar-refractivity contribution is -0.130. The van der Waals surface area contributed by atoms with Crippen LogP contribution in [0.3, 0.4) is 0 Å². The molecular formula is C22H27N3O6S. The number of ether oxygens (including phenoxy) is 2. The highest BCUT2D eigenvalue weighted by atomic mass is 32.2. The maximum Gasteiger partial charge on any atom is 0.276 e. The summed E-state index contributed by atoms with van der Waals surface area (Å²) in [5.74, 6) is -0.502. The van der Waals surface area contributed by atoms with Crippen LogP contribution in [0.2, 0.25) is 0 Å². The number of nitrogens with one attached hydrogen (secondary N) is 2. The van der Waals surface area contributed by atoms with E-state index in [4.69, 9.17) is 9.47 Å². The molecule has 0 heterocycles. The Morgan fingerprint density at radius 3 is 2.31 bits per heavy atom. The number of methoxy groups -OCH3 is 1. The standard InChI is InChI=1S/C22H27N3O6S/c1-5-6-17-9-12-19(20(13-17)30-4)31-15-22(27)24-23-21(26)14-25(3)32(28,29)18-10-7-16(2)8-11-18/h5-13H,14-15H2,1-4H3,(H,23,26)(H,24,27)/b6-5+. The molecule has 2 aromatic carbocycles. The van der Waals surface area contributed by atoms with Gasteiger partial charge in [-0.3, -0.25) is 20.4 Å². The molecule has 10 heteroatoms. The van der Waals surface area contributed by atoms with Crippen LogP contribution >= 0.6 is 0 Å². The van der Waals surface area contributed by atoms with Crippen LogP contribution in [-0.4, -0.2) is 51.8 Å². The molecule has 0 unspecified atom stereocenters. The first-order valence-electron chi connectivity index (χ1n) is 9.71. The molecule has 0 aliphatic carbocycles. The Labute approximate surface area is 188 Å². The van der Waals surface area contributed by atoms with Gasteiger partial charge in [0.25, 0.3) is 11.8 Å². The number of likely N-dealkylation sites (N-methyl/N-ethyl adjacent to an activating group) is 1. The van der Waals surface area contributed by atoms with Gasteiger partial charge in [-0.1, -0.05) is 35.9 Å². The molecule has 0 fully saturated rings. The lowest BCUT2D eigenvalue weighted by atomic mass is 10.2. The molecule has 0 saturated carbocycles. The number of hydrazine groups is 1. The number of hydrogen-bond donors (Lipinski definition) is 2. The summed E-state index contributed by atoms with van der Waals surface area (Å²) in [4.78, 5) is 24.1. The summed E-state index contributed by atoms with van der Waals surface area (Å²) in [7, 11) is -1.06. The zero-order valence-electron chi connectivity index (χ0n) is 18.4. The monoisotopic (exact) mass is 461 g/mol. The molecule has 0 saturated heterocycles. The molecule has 2 aromatic rings. The molecule has 0 aromatic heterocycles. The first-order valence-corrected chi connectivity index (χ1v) is 11.2. The highest BCUT2D eigenvalue weighted by molar-refractivity contribution is 7.89. The van der Waals surface area contributed by atoms with Crippen molar-refractivity contribution >= 4 is 27.9 Å². The van der Waals surface area contributed by atoms with Gasteiger partial charge in [0.15, 0.2) is 18.1 Å². The maximum absolute atomic E-state index is 12.5. The first-order chi connectivity index (χ1) is 15.2. The second-order valence-electron chi connectivity index (χ2n) is 6.87. The van der Waals surface area contributed by atoms with Crippen LogP contribution in [0.4, 0.5) is 0 Å². The van der Waals surface area contributed by atoms with Crippen molar-refractivity contribution in [1.82, 2.24) is 15.2 Å². The Balaban J connectivity index is 1.85. The van der Waals surface area contributed by atoms with Gasteiger partial charge in [-0.15, -0.1) is 0 Å². The lowest BCUT2D eigenvalue weighted by Gasteiger charge is -2.17. The molecule has 2 amide bonds. The van der Waals surface area contributed by atoms with Crippen LogP contribution in [0.25, 0.3) is 6.08 Å². The SMILES string of the molecule is C/C=C/c1ccc(OCC(=O)NNC(=O)CN(C)S(=O)(=O)c2ccc(C)cc2)c(OC)c1. The third-order valence-corrected chi connectivity index (χ3v) is 6.16. The Bertz CT molecular complexity index is 1080. The second-order valence-corrected chi connectivity index (χ2v) is 8.91. The van der Waals surface area contributed by atoms with Crippen molar-refractivity contribution in [3.63, 3.8) is 0 Å². The minimum Gasteiger partial charge on any atom is -0.493 e. The highest BCUT2D eigenvalue weighted by Gasteiger charge is 2.23. The van der Waals surface area contributed by atoms with E-state index in [0.717, 1.165) is 15.4 Å². The highest BCUT2D eigenvalue weighted by Crippen LogP contribution is 2.28. The van der Waals surface area contributed by atoms with Crippen molar-refractivity contribution in [2.24, 2.45) is 0 Å². The lowest BCUT2D eigenvalue weighted by Crippen LogP contribution is -2.48. The quantitative estimate of drug-likeness (QED) is 0.551. The van der Waals surface area contributed by atoms with Gasteiger partial charge in [-0.05, 0) is 43.7 Å². The van der Waals surface area contributed by atoms with E-state index >= 15 is 0 Å². The minimum absolute atomic E-state index is 0.0743. The number of amides is 2. The molecule has 0 spiro atoms. The van der Waals surface area contributed by atoms with Gasteiger partial charge in [0.05, 0.1) is 18.6 Å². The van der Waals surface area contributed by atoms with Crippen LogP contribution in [-0.2, 0) is 19.6 Å². The van der Waals surface area contributed by atoms with Gasteiger partial charge in [0.1, 0.15) is 0 Å². The number of aryl methyl sites for hydroxylation is 1. The molecule has 2 N–H and O–H groups in total. The molecule has 32 heavy (non-hydrogen) atoms. The smallest absolute Gasteiger partial charge is 0.276 e. The van der Waals surface area contributed by atoms with E-state index in [2.05, 4.69) is 10.9 Å². The molecule has 0 radical (unpaired) electrons. The molecule has 0 aliphatic rings. The van der Waals surface area contributed by atoms with E-state index in [0.29, 0.717) is 11.5 Å². The molecule has 0 aliphatic heterocycles. The number of rotatable bonds is 9. The fraction of sp³-hybridized carbons (Fsp3) is 0.273. The number of sulfonamides is 1. The van der Waals surface area contributed by atoms with Gasteiger partial charge in [-0.2, -0.15) is 4.31 Å². The Hall–Kier alpha value is -3.37. The first kappa shape index (κ1) is 24.9. The molecule has 2 rings (SSSR count). The van der Waals surface area contributed by atoms with Crippen LogP contribution in [0.5, 0.6) is 11.5 Å². The average Bonchev–Trinajstić information content (AvgIpc) is 2.77. The fourth-order valence-corrected chi connectivity index (χ4v) is 3.76. The summed E-state index contributed by atoms with van der Waals surface area (Å²) in [6.45, 7) is 2.88. The summed E-state index contributed by atoms with van der Waals surface area (Å²) < 4.78 is 36.6. The van der Waals surface area contributed by atoms with Gasteiger partial charge >= 0.3 is 0 Å². The van der Waals surface area contributed by atoms with Crippen molar-refractivity contribution in [2.75, 3.05) is 27.3 Å². The van der Waals surface area contributed by atoms with Crippen molar-refractivity contribution in [1.29, 1.82) is 0 Å². The number of benzene rings is 2. The van der Waals surface area contributed by atoms with E-state index < -0.39 is 28.4 Å². The normalized spacial score (nSPS) is 11.4. The third kappa shape index (κ3) is 6.82. The minimum atomic E-state index is -3.83. The summed E-state index contributed by atoms with van der Waals surface area (Å²) >= 11 is 0. The largest absolute Gasteiger partial charge is 0.493 e. The van der Waals surface area contributed by atoms with Gasteiger partial charge in [0, 0.05) is 7.05 Å². The van der Waals surface area contributed by atoms with E-state index in [1.165, 1.54) is 26.3 Å². The summed E-state index contributed by atoms with van der Waals surface area (Å²) in [5, 5.41) is 0. The summed E-state index contributed by atoms with van der Waals surface area (Å²) in [6, 6.07) is 11.5. The number of carbonyl (C=O) groups is 2. The Kier molecular flexibility index (Phi) is 8.80. The summed E-state index contributed by atoms with van der Waals surface area (Å²) in [6.07, 6.45) is 3.78. The van der Waals surface area contributed by atoms with Crippen LogP contribution in [0, 0.1) is 6.92 Å². The third-order valence-electron chi connectivity index (χ3n) is 4.34. The number of nitrogens with zero attached hydrogens (tertiary/aromatic N) is 1. The van der Waals surface area contributed by atoms with Gasteiger partial charge < -0.3 is 9.47 Å². The van der Waals surface area contributed by atoms with E-state index in [1.54, 1.807) is 24.3 Å². The second kappa shape index (κ2) is 11.3. The number of hydrogen-bond acceptors (Lipinski definition) is 6. The number of allylic oxidation sites excluding steroid dienone is 1. The van der Waals surface area contributed by atoms with E-state index in [1.807, 2.05) is 32.1 Å². The number of carbonyl (C=O) groups excluding carboxylic acids is 2. The van der Waals surface area contributed by atoms with Gasteiger partial charge in [0.2, 0.25) is 10.0 Å². The molecule has 9 nitrogen and oxygen atoms in total. The van der Waals surface area contributed by atoms with E-state index in [-0.39, 0.29) is 11.5 Å². The van der Waals surface area contributed by atoms with E-state index in [9.17, 15) is 18.0 Å². The van der Waals surface area contributed by atoms with Crippen molar-refractivity contribution in [3.05, 3.63) is 59.7 Å². The molecule has 0 atom stereocenters. The predicted molar refractivity (Wildman–Crippen MR) is 120 cm³/mol. The average molecular weight is 462 g/mol. The van der Waals surface area contributed by atoms with Crippen molar-refractivity contribution < 1.29 is 27.5 Å². The zero-order chi connectivity index (χ0) is 23.7. The van der Waals surface area contributed by atoms with Crippen LogP contribution < -0.4 is 20.3 Å².